The SMILES string of the molecule is CC1CCN(CCCF)CCC1C. The smallest absolute Gasteiger partial charge is 0.0906 e. The van der Waals surface area contributed by atoms with Crippen molar-refractivity contribution in [1.82, 2.24) is 4.90 Å². The third-order valence-corrected chi connectivity index (χ3v) is 3.38. The van der Waals surface area contributed by atoms with E-state index in [4.69, 9.17) is 0 Å². The number of hydrogen-bond donors (Lipinski definition) is 0. The molecule has 13 heavy (non-hydrogen) atoms. The van der Waals surface area contributed by atoms with Crippen molar-refractivity contribution in [3.05, 3.63) is 0 Å². The highest BCUT2D eigenvalue weighted by atomic mass is 19.1. The largest absolute Gasteiger partial charge is 0.303 e. The second kappa shape index (κ2) is 5.58. The number of nitrogens with zero attached hydrogens (tertiary/aromatic N) is 1. The van der Waals surface area contributed by atoms with Crippen molar-refractivity contribution in [2.45, 2.75) is 33.1 Å². The summed E-state index contributed by atoms with van der Waals surface area (Å²) in [6, 6.07) is 0. The van der Waals surface area contributed by atoms with Crippen LogP contribution in [0.5, 0.6) is 0 Å². The first-order valence-corrected chi connectivity index (χ1v) is 5.52. The minimum absolute atomic E-state index is 0.165. The van der Waals surface area contributed by atoms with Crippen LogP contribution in [0.15, 0.2) is 0 Å². The molecule has 2 unspecified atom stereocenters. The summed E-state index contributed by atoms with van der Waals surface area (Å²) in [5.74, 6) is 1.69. The zero-order chi connectivity index (χ0) is 9.68. The molecule has 0 N–H and O–H groups in total. The van der Waals surface area contributed by atoms with Gasteiger partial charge in [0.1, 0.15) is 0 Å². The fraction of sp³-hybridized carbons (Fsp3) is 1.00. The van der Waals surface area contributed by atoms with Gasteiger partial charge in [-0.15, -0.1) is 0 Å². The topological polar surface area (TPSA) is 3.24 Å². The maximum atomic E-state index is 12.0. The molecule has 0 aromatic carbocycles. The molecule has 0 spiro atoms. The number of likely N-dealkylation sites (tertiary alicyclic amines) is 1. The van der Waals surface area contributed by atoms with Gasteiger partial charge >= 0.3 is 0 Å². The van der Waals surface area contributed by atoms with Gasteiger partial charge < -0.3 is 4.90 Å². The fourth-order valence-corrected chi connectivity index (χ4v) is 1.96. The second-order valence-corrected chi connectivity index (χ2v) is 4.42. The van der Waals surface area contributed by atoms with Crippen LogP contribution in [0.25, 0.3) is 0 Å². The van der Waals surface area contributed by atoms with E-state index in [2.05, 4.69) is 18.7 Å². The standard InChI is InChI=1S/C11H22FN/c1-10-4-8-13(7-3-6-12)9-5-11(10)2/h10-11H,3-9H2,1-2H3. The summed E-state index contributed by atoms with van der Waals surface area (Å²) in [6.07, 6.45) is 3.28. The molecule has 2 heteroatoms. The predicted octanol–water partition coefficient (Wildman–Crippen LogP) is 2.71. The van der Waals surface area contributed by atoms with E-state index in [0.29, 0.717) is 6.42 Å². The molecule has 0 saturated carbocycles. The van der Waals surface area contributed by atoms with Gasteiger partial charge in [-0.25, -0.2) is 0 Å². The van der Waals surface area contributed by atoms with Crippen LogP contribution in [0.2, 0.25) is 0 Å². The fourth-order valence-electron chi connectivity index (χ4n) is 1.96. The van der Waals surface area contributed by atoms with Crippen LogP contribution in [0.1, 0.15) is 33.1 Å². The maximum absolute atomic E-state index is 12.0. The van der Waals surface area contributed by atoms with Crippen molar-refractivity contribution in [1.29, 1.82) is 0 Å². The van der Waals surface area contributed by atoms with Crippen molar-refractivity contribution >= 4 is 0 Å². The minimum Gasteiger partial charge on any atom is -0.303 e. The van der Waals surface area contributed by atoms with Crippen LogP contribution in [-0.4, -0.2) is 31.2 Å². The molecule has 0 bridgehead atoms. The first-order valence-electron chi connectivity index (χ1n) is 5.52. The summed E-state index contributed by atoms with van der Waals surface area (Å²) < 4.78 is 12.0. The molecular weight excluding hydrogens is 165 g/mol. The Balaban J connectivity index is 2.27. The van der Waals surface area contributed by atoms with Crippen LogP contribution in [0.3, 0.4) is 0 Å². The van der Waals surface area contributed by atoms with Gasteiger partial charge in [0.05, 0.1) is 6.67 Å². The van der Waals surface area contributed by atoms with Gasteiger partial charge in [-0.05, 0) is 44.2 Å². The molecule has 1 aliphatic heterocycles. The van der Waals surface area contributed by atoms with E-state index in [1.165, 1.54) is 25.9 Å². The predicted molar refractivity (Wildman–Crippen MR) is 54.6 cm³/mol. The number of rotatable bonds is 3. The first kappa shape index (κ1) is 11.0. The molecule has 1 fully saturated rings. The quantitative estimate of drug-likeness (QED) is 0.656. The Labute approximate surface area is 81.3 Å². The third-order valence-electron chi connectivity index (χ3n) is 3.38. The van der Waals surface area contributed by atoms with Crippen LogP contribution < -0.4 is 0 Å². The molecular formula is C11H22FN. The molecule has 1 rings (SSSR count). The molecule has 0 aliphatic carbocycles. The van der Waals surface area contributed by atoms with E-state index >= 15 is 0 Å². The Hall–Kier alpha value is -0.110. The lowest BCUT2D eigenvalue weighted by atomic mass is 9.92. The molecule has 0 aromatic heterocycles. The Morgan fingerprint density at radius 1 is 1.15 bits per heavy atom. The van der Waals surface area contributed by atoms with Gasteiger partial charge in [0.15, 0.2) is 0 Å². The highest BCUT2D eigenvalue weighted by Crippen LogP contribution is 2.22. The average molecular weight is 187 g/mol. The van der Waals surface area contributed by atoms with Crippen LogP contribution >= 0.6 is 0 Å². The summed E-state index contributed by atoms with van der Waals surface area (Å²) in [4.78, 5) is 2.42. The number of alkyl halides is 1. The van der Waals surface area contributed by atoms with E-state index in [9.17, 15) is 4.39 Å². The van der Waals surface area contributed by atoms with Crippen LogP contribution in [0.4, 0.5) is 4.39 Å². The molecule has 78 valence electrons. The molecule has 1 aliphatic rings. The third kappa shape index (κ3) is 3.63. The summed E-state index contributed by atoms with van der Waals surface area (Å²) in [5.41, 5.74) is 0. The van der Waals surface area contributed by atoms with Gasteiger partial charge in [0, 0.05) is 6.54 Å². The first-order chi connectivity index (χ1) is 6.24. The van der Waals surface area contributed by atoms with Crippen molar-refractivity contribution in [3.8, 4) is 0 Å². The highest BCUT2D eigenvalue weighted by Gasteiger charge is 2.18. The Bertz CT molecular complexity index is 126. The van der Waals surface area contributed by atoms with Gasteiger partial charge in [-0.2, -0.15) is 0 Å². The lowest BCUT2D eigenvalue weighted by molar-refractivity contribution is 0.265. The van der Waals surface area contributed by atoms with Crippen LogP contribution in [0, 0.1) is 11.8 Å². The number of halogens is 1. The van der Waals surface area contributed by atoms with Crippen molar-refractivity contribution in [2.24, 2.45) is 11.8 Å². The van der Waals surface area contributed by atoms with Gasteiger partial charge in [-0.3, -0.25) is 4.39 Å². The van der Waals surface area contributed by atoms with Crippen molar-refractivity contribution in [3.63, 3.8) is 0 Å². The highest BCUT2D eigenvalue weighted by molar-refractivity contribution is 4.72. The van der Waals surface area contributed by atoms with Gasteiger partial charge in [0.25, 0.3) is 0 Å². The normalized spacial score (nSPS) is 31.6. The molecule has 1 heterocycles. The number of hydrogen-bond acceptors (Lipinski definition) is 1. The minimum atomic E-state index is -0.165. The molecule has 2 atom stereocenters. The maximum Gasteiger partial charge on any atom is 0.0906 e. The van der Waals surface area contributed by atoms with E-state index in [1.807, 2.05) is 0 Å². The second-order valence-electron chi connectivity index (χ2n) is 4.42. The monoisotopic (exact) mass is 187 g/mol. The molecule has 1 saturated heterocycles. The van der Waals surface area contributed by atoms with Crippen molar-refractivity contribution in [2.75, 3.05) is 26.3 Å². The molecule has 0 aromatic rings. The Morgan fingerprint density at radius 2 is 1.69 bits per heavy atom. The zero-order valence-electron chi connectivity index (χ0n) is 8.93. The zero-order valence-corrected chi connectivity index (χ0v) is 8.93. The van der Waals surface area contributed by atoms with Crippen molar-refractivity contribution < 1.29 is 4.39 Å². The summed E-state index contributed by atoms with van der Waals surface area (Å²) in [5, 5.41) is 0. The Morgan fingerprint density at radius 3 is 2.15 bits per heavy atom. The van der Waals surface area contributed by atoms with Gasteiger partial charge in [0.2, 0.25) is 0 Å². The molecule has 0 amide bonds. The summed E-state index contributed by atoms with van der Waals surface area (Å²) in [7, 11) is 0. The summed E-state index contributed by atoms with van der Waals surface area (Å²) >= 11 is 0. The van der Waals surface area contributed by atoms with E-state index in [0.717, 1.165) is 18.4 Å². The van der Waals surface area contributed by atoms with E-state index in [1.54, 1.807) is 0 Å². The van der Waals surface area contributed by atoms with Gasteiger partial charge in [-0.1, -0.05) is 13.8 Å². The average Bonchev–Trinajstić information content (AvgIpc) is 2.29. The van der Waals surface area contributed by atoms with E-state index in [-0.39, 0.29) is 6.67 Å². The lowest BCUT2D eigenvalue weighted by Crippen LogP contribution is -2.26. The van der Waals surface area contributed by atoms with E-state index < -0.39 is 0 Å². The van der Waals surface area contributed by atoms with Crippen LogP contribution in [-0.2, 0) is 0 Å². The summed E-state index contributed by atoms with van der Waals surface area (Å²) in [6.45, 7) is 7.81. The molecule has 0 radical (unpaired) electrons. The Kier molecular flexibility index (Phi) is 4.71. The lowest BCUT2D eigenvalue weighted by Gasteiger charge is -2.18. The molecule has 1 nitrogen and oxygen atoms in total.